The Balaban J connectivity index is 2.12. The van der Waals surface area contributed by atoms with E-state index in [2.05, 4.69) is 0 Å². The quantitative estimate of drug-likeness (QED) is 0.491. The molecule has 0 saturated carbocycles. The Morgan fingerprint density at radius 3 is 2.42 bits per heavy atom. The van der Waals surface area contributed by atoms with Gasteiger partial charge in [-0.15, -0.1) is 0 Å². The van der Waals surface area contributed by atoms with Crippen molar-refractivity contribution in [1.82, 2.24) is 4.90 Å². The van der Waals surface area contributed by atoms with E-state index in [4.69, 9.17) is 9.29 Å². The van der Waals surface area contributed by atoms with E-state index >= 15 is 0 Å². The molecule has 9 nitrogen and oxygen atoms in total. The zero-order chi connectivity index (χ0) is 17.9. The van der Waals surface area contributed by atoms with Gasteiger partial charge in [0.25, 0.3) is 15.8 Å². The number of halogens is 1. The number of nitro benzene ring substituents is 1. The van der Waals surface area contributed by atoms with Crippen molar-refractivity contribution in [3.05, 3.63) is 34.4 Å². The number of carbonyl (C=O) groups is 1. The van der Waals surface area contributed by atoms with E-state index in [0.29, 0.717) is 0 Å². The first kappa shape index (κ1) is 18.1. The minimum absolute atomic E-state index is 0.0454. The summed E-state index contributed by atoms with van der Waals surface area (Å²) in [6.07, 6.45) is -4.44. The number of alkyl halides is 1. The lowest BCUT2D eigenvalue weighted by molar-refractivity contribution is -0.384. The third-order valence-electron chi connectivity index (χ3n) is 3.62. The number of nitrogens with zero attached hydrogens (tertiary/aromatic N) is 2. The molecule has 1 amide bonds. The van der Waals surface area contributed by atoms with E-state index in [0.717, 1.165) is 29.2 Å². The van der Waals surface area contributed by atoms with Gasteiger partial charge in [0.05, 0.1) is 9.82 Å². The summed E-state index contributed by atoms with van der Waals surface area (Å²) in [6.45, 7) is -0.0931. The van der Waals surface area contributed by atoms with Crippen LogP contribution < -0.4 is 0 Å². The maximum atomic E-state index is 14.1. The van der Waals surface area contributed by atoms with Crippen molar-refractivity contribution >= 4 is 21.9 Å². The van der Waals surface area contributed by atoms with Crippen molar-refractivity contribution in [3.63, 3.8) is 0 Å². The number of nitro groups is 1. The molecule has 24 heavy (non-hydrogen) atoms. The van der Waals surface area contributed by atoms with E-state index in [-0.39, 0.29) is 36.5 Å². The minimum Gasteiger partial charge on any atom is -0.465 e. The molecule has 11 heteroatoms. The van der Waals surface area contributed by atoms with Crippen molar-refractivity contribution in [2.75, 3.05) is 13.1 Å². The van der Waals surface area contributed by atoms with Gasteiger partial charge in [-0.1, -0.05) is 0 Å². The molecule has 1 aromatic rings. The number of benzene rings is 1. The van der Waals surface area contributed by atoms with Gasteiger partial charge in [0.15, 0.2) is 0 Å². The molecule has 1 aliphatic rings. The van der Waals surface area contributed by atoms with Gasteiger partial charge in [-0.2, -0.15) is 8.42 Å². The predicted molar refractivity (Wildman–Crippen MR) is 78.9 cm³/mol. The first-order chi connectivity index (χ1) is 11.2. The monoisotopic (exact) mass is 362 g/mol. The molecule has 2 rings (SSSR count). The fourth-order valence-corrected chi connectivity index (χ4v) is 3.42. The molecule has 0 spiro atoms. The lowest BCUT2D eigenvalue weighted by Gasteiger charge is -2.18. The van der Waals surface area contributed by atoms with E-state index in [1.165, 1.54) is 0 Å². The van der Waals surface area contributed by atoms with Crippen molar-refractivity contribution in [1.29, 1.82) is 0 Å². The van der Waals surface area contributed by atoms with Crippen LogP contribution in [0.5, 0.6) is 0 Å². The van der Waals surface area contributed by atoms with Crippen LogP contribution in [0.2, 0.25) is 0 Å². The van der Waals surface area contributed by atoms with Gasteiger partial charge in [0, 0.05) is 25.2 Å². The summed E-state index contributed by atoms with van der Waals surface area (Å²) in [5, 5.41) is 19.5. The summed E-state index contributed by atoms with van der Waals surface area (Å²) in [7, 11) is -4.32. The van der Waals surface area contributed by atoms with Gasteiger partial charge in [0.1, 0.15) is 12.3 Å². The molecule has 2 atom stereocenters. The molecule has 1 saturated heterocycles. The van der Waals surface area contributed by atoms with Crippen LogP contribution in [0.3, 0.4) is 0 Å². The molecule has 1 N–H and O–H groups in total. The predicted octanol–water partition coefficient (Wildman–Crippen LogP) is 1.78. The average Bonchev–Trinajstić information content (AvgIpc) is 2.70. The Hall–Kier alpha value is -2.27. The maximum Gasteiger partial charge on any atom is 0.407 e. The van der Waals surface area contributed by atoms with Crippen LogP contribution in [0.1, 0.15) is 12.8 Å². The fraction of sp³-hybridized carbons (Fsp3) is 0.462. The zero-order valence-electron chi connectivity index (χ0n) is 12.4. The normalized spacial score (nSPS) is 22.0. The number of hydrogen-bond donors (Lipinski definition) is 1. The average molecular weight is 362 g/mol. The number of carboxylic acid groups (broad SMARTS) is 1. The number of non-ortho nitro benzene ring substituents is 1. The van der Waals surface area contributed by atoms with Crippen LogP contribution >= 0.6 is 0 Å². The van der Waals surface area contributed by atoms with Crippen LogP contribution in [0.4, 0.5) is 14.9 Å². The third kappa shape index (κ3) is 4.17. The summed E-state index contributed by atoms with van der Waals surface area (Å²) in [6, 6.07) is 4.01. The smallest absolute Gasteiger partial charge is 0.407 e. The number of likely N-dealkylation sites (tertiary alicyclic amines) is 1. The molecule has 2 unspecified atom stereocenters. The van der Waals surface area contributed by atoms with Gasteiger partial charge in [-0.3, -0.25) is 14.3 Å². The van der Waals surface area contributed by atoms with Gasteiger partial charge in [-0.25, -0.2) is 9.18 Å². The highest BCUT2D eigenvalue weighted by Gasteiger charge is 2.33. The number of amides is 1. The third-order valence-corrected chi connectivity index (χ3v) is 4.97. The summed E-state index contributed by atoms with van der Waals surface area (Å²) in [5.41, 5.74) is -0.288. The van der Waals surface area contributed by atoms with Crippen LogP contribution in [0.15, 0.2) is 29.2 Å². The lowest BCUT2D eigenvalue weighted by atomic mass is 10.1. The molecule has 0 aliphatic carbocycles. The molecule has 132 valence electrons. The Bertz CT molecular complexity index is 722. The first-order valence-corrected chi connectivity index (χ1v) is 8.41. The van der Waals surface area contributed by atoms with Crippen molar-refractivity contribution in [3.8, 4) is 0 Å². The van der Waals surface area contributed by atoms with Crippen LogP contribution in [0, 0.1) is 10.1 Å². The Morgan fingerprint density at radius 2 is 1.88 bits per heavy atom. The van der Waals surface area contributed by atoms with Crippen molar-refractivity contribution < 1.29 is 31.8 Å². The SMILES string of the molecule is O=C(O)N1CCC(F)C(OS(=O)(=O)c2ccc([N+](=O)[O-])cc2)CC1. The largest absolute Gasteiger partial charge is 0.465 e. The molecule has 1 aliphatic heterocycles. The maximum absolute atomic E-state index is 14.1. The van der Waals surface area contributed by atoms with Crippen LogP contribution in [-0.4, -0.2) is 54.8 Å². The second-order valence-corrected chi connectivity index (χ2v) is 6.77. The Morgan fingerprint density at radius 1 is 1.29 bits per heavy atom. The zero-order valence-corrected chi connectivity index (χ0v) is 13.2. The Kier molecular flexibility index (Phi) is 5.34. The van der Waals surface area contributed by atoms with Gasteiger partial charge < -0.3 is 10.0 Å². The van der Waals surface area contributed by atoms with Gasteiger partial charge in [-0.05, 0) is 25.0 Å². The molecule has 1 heterocycles. The molecule has 0 bridgehead atoms. The summed E-state index contributed by atoms with van der Waals surface area (Å²) >= 11 is 0. The van der Waals surface area contributed by atoms with E-state index in [9.17, 15) is 27.7 Å². The number of rotatable bonds is 4. The first-order valence-electron chi connectivity index (χ1n) is 7.00. The van der Waals surface area contributed by atoms with E-state index < -0.39 is 33.4 Å². The summed E-state index contributed by atoms with van der Waals surface area (Å²) in [4.78, 5) is 21.5. The van der Waals surface area contributed by atoms with Crippen LogP contribution in [0.25, 0.3) is 0 Å². The second-order valence-electron chi connectivity index (χ2n) is 5.20. The van der Waals surface area contributed by atoms with Crippen LogP contribution in [-0.2, 0) is 14.3 Å². The highest BCUT2D eigenvalue weighted by atomic mass is 32.2. The minimum atomic E-state index is -4.32. The molecule has 1 aromatic carbocycles. The molecular weight excluding hydrogens is 347 g/mol. The number of hydrogen-bond acceptors (Lipinski definition) is 6. The molecular formula is C13H15FN2O7S. The lowest BCUT2D eigenvalue weighted by Crippen LogP contribution is -2.31. The van der Waals surface area contributed by atoms with Crippen molar-refractivity contribution in [2.45, 2.75) is 30.0 Å². The highest BCUT2D eigenvalue weighted by Crippen LogP contribution is 2.24. The van der Waals surface area contributed by atoms with Gasteiger partial charge in [0.2, 0.25) is 0 Å². The summed E-state index contributed by atoms with van der Waals surface area (Å²) < 4.78 is 43.3. The summed E-state index contributed by atoms with van der Waals surface area (Å²) in [5.74, 6) is 0. The van der Waals surface area contributed by atoms with Gasteiger partial charge >= 0.3 is 6.09 Å². The second kappa shape index (κ2) is 7.09. The molecule has 0 aromatic heterocycles. The standard InChI is InChI=1S/C13H15FN2O7S/c14-11-5-7-15(13(17)18)8-6-12(11)23-24(21,22)10-3-1-9(2-4-10)16(19)20/h1-4,11-12H,5-8H2,(H,17,18). The van der Waals surface area contributed by atoms with Crippen molar-refractivity contribution in [2.24, 2.45) is 0 Å². The molecule has 0 radical (unpaired) electrons. The highest BCUT2D eigenvalue weighted by molar-refractivity contribution is 7.86. The molecule has 1 fully saturated rings. The topological polar surface area (TPSA) is 127 Å². The fourth-order valence-electron chi connectivity index (χ4n) is 2.29. The van der Waals surface area contributed by atoms with E-state index in [1.54, 1.807) is 0 Å². The Labute approximate surface area is 136 Å². The van der Waals surface area contributed by atoms with E-state index in [1.807, 2.05) is 0 Å².